The molecule has 1 unspecified atom stereocenters. The fourth-order valence-corrected chi connectivity index (χ4v) is 2.42. The van der Waals surface area contributed by atoms with Gasteiger partial charge in [-0.3, -0.25) is 4.98 Å². The summed E-state index contributed by atoms with van der Waals surface area (Å²) >= 11 is 6.03. The number of hydrogen-bond acceptors (Lipinski definition) is 2. The van der Waals surface area contributed by atoms with Crippen LogP contribution >= 0.6 is 11.6 Å². The molecule has 94 valence electrons. The second kappa shape index (κ2) is 5.51. The normalized spacial score (nSPS) is 12.4. The van der Waals surface area contributed by atoms with Gasteiger partial charge in [0.15, 0.2) is 0 Å². The standard InChI is InChI=1S/C15H16ClNO/c1-10-5-11(2)7-12(6-10)8-15(18)13-3-4-17-9-14(13)16/h3-7,9,15,18H,8H2,1-2H3. The molecule has 18 heavy (non-hydrogen) atoms. The first-order valence-corrected chi connectivity index (χ1v) is 6.28. The fourth-order valence-electron chi connectivity index (χ4n) is 2.18. The number of aromatic nitrogens is 1. The summed E-state index contributed by atoms with van der Waals surface area (Å²) in [5.41, 5.74) is 4.26. The van der Waals surface area contributed by atoms with E-state index in [4.69, 9.17) is 11.6 Å². The second-order valence-corrected chi connectivity index (χ2v) is 5.02. The number of nitrogens with zero attached hydrogens (tertiary/aromatic N) is 1. The molecule has 0 saturated carbocycles. The lowest BCUT2D eigenvalue weighted by molar-refractivity contribution is 0.178. The molecule has 0 saturated heterocycles. The van der Waals surface area contributed by atoms with E-state index in [2.05, 4.69) is 37.0 Å². The van der Waals surface area contributed by atoms with Crippen LogP contribution in [0.2, 0.25) is 5.02 Å². The third-order valence-electron chi connectivity index (χ3n) is 2.87. The van der Waals surface area contributed by atoms with Crippen LogP contribution in [0, 0.1) is 13.8 Å². The number of aryl methyl sites for hydroxylation is 2. The van der Waals surface area contributed by atoms with E-state index in [0.29, 0.717) is 11.4 Å². The van der Waals surface area contributed by atoms with Gasteiger partial charge in [0.25, 0.3) is 0 Å². The first kappa shape index (κ1) is 13.1. The number of aliphatic hydroxyl groups excluding tert-OH is 1. The summed E-state index contributed by atoms with van der Waals surface area (Å²) < 4.78 is 0. The second-order valence-electron chi connectivity index (χ2n) is 4.61. The Hall–Kier alpha value is -1.38. The molecule has 0 spiro atoms. The van der Waals surface area contributed by atoms with Crippen molar-refractivity contribution in [3.05, 3.63) is 63.9 Å². The van der Waals surface area contributed by atoms with Crippen LogP contribution in [-0.2, 0) is 6.42 Å². The van der Waals surface area contributed by atoms with Gasteiger partial charge in [-0.1, -0.05) is 40.9 Å². The Kier molecular flexibility index (Phi) is 4.00. The van der Waals surface area contributed by atoms with Crippen molar-refractivity contribution >= 4 is 11.6 Å². The molecular formula is C15H16ClNO. The number of pyridine rings is 1. The highest BCUT2D eigenvalue weighted by atomic mass is 35.5. The number of aliphatic hydroxyl groups is 1. The van der Waals surface area contributed by atoms with E-state index in [1.54, 1.807) is 18.5 Å². The molecule has 0 aliphatic carbocycles. The Morgan fingerprint density at radius 2 is 1.89 bits per heavy atom. The topological polar surface area (TPSA) is 33.1 Å². The summed E-state index contributed by atoms with van der Waals surface area (Å²) in [5.74, 6) is 0. The van der Waals surface area contributed by atoms with E-state index in [-0.39, 0.29) is 0 Å². The van der Waals surface area contributed by atoms with Crippen molar-refractivity contribution in [2.75, 3.05) is 0 Å². The lowest BCUT2D eigenvalue weighted by atomic mass is 9.99. The summed E-state index contributed by atoms with van der Waals surface area (Å²) in [6.45, 7) is 4.12. The zero-order valence-corrected chi connectivity index (χ0v) is 11.3. The average molecular weight is 262 g/mol. The van der Waals surface area contributed by atoms with Crippen LogP contribution in [0.1, 0.15) is 28.4 Å². The third-order valence-corrected chi connectivity index (χ3v) is 3.19. The number of benzene rings is 1. The Morgan fingerprint density at radius 3 is 2.50 bits per heavy atom. The molecule has 2 rings (SSSR count). The highest BCUT2D eigenvalue weighted by molar-refractivity contribution is 6.31. The van der Waals surface area contributed by atoms with Gasteiger partial charge in [-0.2, -0.15) is 0 Å². The molecule has 3 heteroatoms. The summed E-state index contributed by atoms with van der Waals surface area (Å²) in [5, 5.41) is 10.7. The van der Waals surface area contributed by atoms with Crippen LogP contribution in [0.25, 0.3) is 0 Å². The first-order valence-electron chi connectivity index (χ1n) is 5.91. The third kappa shape index (κ3) is 3.09. The SMILES string of the molecule is Cc1cc(C)cc(CC(O)c2ccncc2Cl)c1. The number of halogens is 1. The quantitative estimate of drug-likeness (QED) is 0.915. The van der Waals surface area contributed by atoms with E-state index in [1.807, 2.05) is 0 Å². The van der Waals surface area contributed by atoms with Gasteiger partial charge < -0.3 is 5.11 Å². The maximum atomic E-state index is 10.2. The molecule has 0 aliphatic heterocycles. The van der Waals surface area contributed by atoms with E-state index in [9.17, 15) is 5.11 Å². The van der Waals surface area contributed by atoms with Crippen LogP contribution in [0.4, 0.5) is 0 Å². The van der Waals surface area contributed by atoms with Gasteiger partial charge in [-0.05, 0) is 25.5 Å². The largest absolute Gasteiger partial charge is 0.388 e. The van der Waals surface area contributed by atoms with Crippen molar-refractivity contribution in [1.29, 1.82) is 0 Å². The molecule has 0 radical (unpaired) electrons. The molecule has 2 aromatic rings. The molecule has 0 amide bonds. The Balaban J connectivity index is 2.21. The lowest BCUT2D eigenvalue weighted by Crippen LogP contribution is -2.03. The van der Waals surface area contributed by atoms with Gasteiger partial charge in [-0.15, -0.1) is 0 Å². The Labute approximate surface area is 112 Å². The molecule has 1 N–H and O–H groups in total. The van der Waals surface area contributed by atoms with E-state index in [1.165, 1.54) is 11.1 Å². The minimum absolute atomic E-state index is 0.509. The van der Waals surface area contributed by atoms with Gasteiger partial charge in [0.05, 0.1) is 11.1 Å². The Morgan fingerprint density at radius 1 is 1.22 bits per heavy atom. The van der Waals surface area contributed by atoms with E-state index < -0.39 is 6.10 Å². The summed E-state index contributed by atoms with van der Waals surface area (Å²) in [4.78, 5) is 3.92. The van der Waals surface area contributed by atoms with Gasteiger partial charge in [-0.25, -0.2) is 0 Å². The van der Waals surface area contributed by atoms with Gasteiger partial charge in [0, 0.05) is 24.4 Å². The van der Waals surface area contributed by atoms with Crippen LogP contribution in [0.3, 0.4) is 0 Å². The maximum Gasteiger partial charge on any atom is 0.0845 e. The summed E-state index contributed by atoms with van der Waals surface area (Å²) in [7, 11) is 0. The van der Waals surface area contributed by atoms with Crippen LogP contribution in [-0.4, -0.2) is 10.1 Å². The minimum atomic E-state index is -0.596. The van der Waals surface area contributed by atoms with Crippen LogP contribution < -0.4 is 0 Å². The van der Waals surface area contributed by atoms with Crippen molar-refractivity contribution in [3.63, 3.8) is 0 Å². The van der Waals surface area contributed by atoms with Gasteiger partial charge >= 0.3 is 0 Å². The predicted molar refractivity (Wildman–Crippen MR) is 73.8 cm³/mol. The van der Waals surface area contributed by atoms with Crippen LogP contribution in [0.5, 0.6) is 0 Å². The first-order chi connectivity index (χ1) is 8.56. The number of rotatable bonds is 3. The highest BCUT2D eigenvalue weighted by Gasteiger charge is 2.12. The monoisotopic (exact) mass is 261 g/mol. The molecule has 1 atom stereocenters. The van der Waals surface area contributed by atoms with Crippen molar-refractivity contribution in [1.82, 2.24) is 4.98 Å². The van der Waals surface area contributed by atoms with Gasteiger partial charge in [0.2, 0.25) is 0 Å². The molecule has 0 aliphatic rings. The van der Waals surface area contributed by atoms with Gasteiger partial charge in [0.1, 0.15) is 0 Å². The molecule has 1 aromatic heterocycles. The molecule has 0 bridgehead atoms. The highest BCUT2D eigenvalue weighted by Crippen LogP contribution is 2.25. The maximum absolute atomic E-state index is 10.2. The molecule has 1 heterocycles. The van der Waals surface area contributed by atoms with E-state index in [0.717, 1.165) is 11.1 Å². The average Bonchev–Trinajstić information content (AvgIpc) is 2.27. The summed E-state index contributed by atoms with van der Waals surface area (Å²) in [6, 6.07) is 8.06. The van der Waals surface area contributed by atoms with Crippen molar-refractivity contribution < 1.29 is 5.11 Å². The van der Waals surface area contributed by atoms with Crippen molar-refractivity contribution in [3.8, 4) is 0 Å². The fraction of sp³-hybridized carbons (Fsp3) is 0.267. The number of hydrogen-bond donors (Lipinski definition) is 1. The summed E-state index contributed by atoms with van der Waals surface area (Å²) in [6.07, 6.45) is 3.17. The molecular weight excluding hydrogens is 246 g/mol. The minimum Gasteiger partial charge on any atom is -0.388 e. The predicted octanol–water partition coefficient (Wildman–Crippen LogP) is 3.63. The van der Waals surface area contributed by atoms with Crippen molar-refractivity contribution in [2.24, 2.45) is 0 Å². The zero-order valence-electron chi connectivity index (χ0n) is 10.5. The molecule has 2 nitrogen and oxygen atoms in total. The van der Waals surface area contributed by atoms with Crippen molar-refractivity contribution in [2.45, 2.75) is 26.4 Å². The van der Waals surface area contributed by atoms with E-state index >= 15 is 0 Å². The molecule has 0 fully saturated rings. The Bertz CT molecular complexity index is 534. The smallest absolute Gasteiger partial charge is 0.0845 e. The molecule has 1 aromatic carbocycles. The zero-order chi connectivity index (χ0) is 13.1. The lowest BCUT2D eigenvalue weighted by Gasteiger charge is -2.13. The van der Waals surface area contributed by atoms with Crippen LogP contribution in [0.15, 0.2) is 36.7 Å².